The van der Waals surface area contributed by atoms with Gasteiger partial charge in [-0.25, -0.2) is 0 Å². The third kappa shape index (κ3) is 4.54. The Labute approximate surface area is 156 Å². The van der Waals surface area contributed by atoms with Gasteiger partial charge < -0.3 is 14.2 Å². The second-order valence-corrected chi connectivity index (χ2v) is 7.13. The van der Waals surface area contributed by atoms with Crippen LogP contribution in [0.4, 0.5) is 0 Å². The van der Waals surface area contributed by atoms with Crippen molar-refractivity contribution in [3.05, 3.63) is 29.3 Å². The lowest BCUT2D eigenvalue weighted by molar-refractivity contribution is -0.132. The lowest BCUT2D eigenvalue weighted by Crippen LogP contribution is -2.41. The normalized spacial score (nSPS) is 14.7. The van der Waals surface area contributed by atoms with Crippen molar-refractivity contribution in [3.8, 4) is 11.4 Å². The van der Waals surface area contributed by atoms with Gasteiger partial charge in [-0.1, -0.05) is 30.3 Å². The molecule has 1 fully saturated rings. The second kappa shape index (κ2) is 8.69. The first-order valence-electron chi connectivity index (χ1n) is 8.36. The smallest absolute Gasteiger partial charge is 0.233 e. The second-order valence-electron chi connectivity index (χ2n) is 5.75. The molecule has 2 heterocycles. The molecule has 1 amide bonds. The summed E-state index contributed by atoms with van der Waals surface area (Å²) >= 11 is 7.40. The van der Waals surface area contributed by atoms with E-state index in [9.17, 15) is 4.79 Å². The number of thioether (sulfide) groups is 1. The summed E-state index contributed by atoms with van der Waals surface area (Å²) in [6, 6.07) is 7.56. The van der Waals surface area contributed by atoms with Crippen molar-refractivity contribution in [1.82, 2.24) is 19.7 Å². The molecule has 0 aliphatic carbocycles. The summed E-state index contributed by atoms with van der Waals surface area (Å²) < 4.78 is 7.36. The van der Waals surface area contributed by atoms with Crippen LogP contribution in [0.1, 0.15) is 13.3 Å². The minimum Gasteiger partial charge on any atom is -0.378 e. The first-order chi connectivity index (χ1) is 12.2. The molecule has 134 valence electrons. The number of nitrogens with zero attached hydrogens (tertiary/aromatic N) is 4. The molecule has 8 heteroatoms. The van der Waals surface area contributed by atoms with Crippen molar-refractivity contribution in [2.75, 3.05) is 32.1 Å². The van der Waals surface area contributed by atoms with Crippen LogP contribution in [0.3, 0.4) is 0 Å². The standard InChI is InChI=1S/C17H21ClN4O2S/c1-2-7-22-16(13-3-5-14(18)6-4-13)19-20-17(22)25-12-15(23)21-8-10-24-11-9-21/h3-6H,2,7-12H2,1H3. The Morgan fingerprint density at radius 1 is 1.24 bits per heavy atom. The molecule has 1 aliphatic heterocycles. The maximum absolute atomic E-state index is 12.3. The van der Waals surface area contributed by atoms with Gasteiger partial charge in [-0.15, -0.1) is 10.2 Å². The molecule has 1 aromatic carbocycles. The Kier molecular flexibility index (Phi) is 6.34. The van der Waals surface area contributed by atoms with E-state index in [0.29, 0.717) is 37.1 Å². The monoisotopic (exact) mass is 380 g/mol. The van der Waals surface area contributed by atoms with E-state index in [1.54, 1.807) is 0 Å². The van der Waals surface area contributed by atoms with E-state index in [1.165, 1.54) is 11.8 Å². The Hall–Kier alpha value is -1.57. The number of carbonyl (C=O) groups is 1. The largest absolute Gasteiger partial charge is 0.378 e. The van der Waals surface area contributed by atoms with Crippen LogP contribution in [0.5, 0.6) is 0 Å². The zero-order valence-corrected chi connectivity index (χ0v) is 15.7. The molecule has 1 aromatic heterocycles. The molecule has 0 atom stereocenters. The van der Waals surface area contributed by atoms with Gasteiger partial charge in [-0.3, -0.25) is 4.79 Å². The molecule has 1 aliphatic rings. The predicted octanol–water partition coefficient (Wildman–Crippen LogP) is 2.96. The van der Waals surface area contributed by atoms with Gasteiger partial charge in [0.2, 0.25) is 5.91 Å². The molecule has 0 unspecified atom stereocenters. The quantitative estimate of drug-likeness (QED) is 0.721. The van der Waals surface area contributed by atoms with Crippen LogP contribution in [0.15, 0.2) is 29.4 Å². The minimum absolute atomic E-state index is 0.118. The fourth-order valence-corrected chi connectivity index (χ4v) is 3.66. The van der Waals surface area contributed by atoms with Crippen LogP contribution >= 0.6 is 23.4 Å². The molecule has 2 aromatic rings. The van der Waals surface area contributed by atoms with Crippen LogP contribution in [-0.4, -0.2) is 57.6 Å². The van der Waals surface area contributed by atoms with Gasteiger partial charge in [0.05, 0.1) is 19.0 Å². The van der Waals surface area contributed by atoms with Gasteiger partial charge in [0.25, 0.3) is 0 Å². The molecular weight excluding hydrogens is 360 g/mol. The average Bonchev–Trinajstić information content (AvgIpc) is 3.04. The van der Waals surface area contributed by atoms with Crippen molar-refractivity contribution in [2.45, 2.75) is 25.0 Å². The number of benzene rings is 1. The highest BCUT2D eigenvalue weighted by atomic mass is 35.5. The fourth-order valence-electron chi connectivity index (χ4n) is 2.66. The van der Waals surface area contributed by atoms with Crippen LogP contribution in [0.2, 0.25) is 5.02 Å². The summed E-state index contributed by atoms with van der Waals surface area (Å²) in [5.74, 6) is 1.29. The summed E-state index contributed by atoms with van der Waals surface area (Å²) in [4.78, 5) is 14.2. The van der Waals surface area contributed by atoms with E-state index in [4.69, 9.17) is 16.3 Å². The molecule has 0 spiro atoms. The lowest BCUT2D eigenvalue weighted by atomic mass is 10.2. The van der Waals surface area contributed by atoms with Crippen molar-refractivity contribution in [3.63, 3.8) is 0 Å². The summed E-state index contributed by atoms with van der Waals surface area (Å²) in [6.45, 7) is 5.47. The van der Waals surface area contributed by atoms with Crippen molar-refractivity contribution >= 4 is 29.3 Å². The average molecular weight is 381 g/mol. The molecular formula is C17H21ClN4O2S. The third-order valence-corrected chi connectivity index (χ3v) is 5.16. The van der Waals surface area contributed by atoms with Crippen LogP contribution in [-0.2, 0) is 16.1 Å². The van der Waals surface area contributed by atoms with Gasteiger partial charge in [0.15, 0.2) is 11.0 Å². The molecule has 6 nitrogen and oxygen atoms in total. The third-order valence-electron chi connectivity index (χ3n) is 3.96. The number of halogens is 1. The van der Waals surface area contributed by atoms with E-state index in [-0.39, 0.29) is 5.91 Å². The molecule has 25 heavy (non-hydrogen) atoms. The summed E-state index contributed by atoms with van der Waals surface area (Å²) in [5, 5.41) is 10.1. The molecule has 0 radical (unpaired) electrons. The van der Waals surface area contributed by atoms with Crippen LogP contribution < -0.4 is 0 Å². The van der Waals surface area contributed by atoms with Crippen LogP contribution in [0.25, 0.3) is 11.4 Å². The topological polar surface area (TPSA) is 60.2 Å². The summed E-state index contributed by atoms with van der Waals surface area (Å²) in [5.41, 5.74) is 0.969. The number of carbonyl (C=O) groups excluding carboxylic acids is 1. The Morgan fingerprint density at radius 2 is 1.96 bits per heavy atom. The first kappa shape index (κ1) is 18.2. The molecule has 1 saturated heterocycles. The maximum atomic E-state index is 12.3. The Morgan fingerprint density at radius 3 is 2.64 bits per heavy atom. The maximum Gasteiger partial charge on any atom is 0.233 e. The number of aromatic nitrogens is 3. The van der Waals surface area contributed by atoms with Gasteiger partial charge >= 0.3 is 0 Å². The molecule has 0 saturated carbocycles. The number of ether oxygens (including phenoxy) is 1. The number of amides is 1. The zero-order valence-electron chi connectivity index (χ0n) is 14.2. The van der Waals surface area contributed by atoms with Crippen molar-refractivity contribution in [2.24, 2.45) is 0 Å². The van der Waals surface area contributed by atoms with Crippen molar-refractivity contribution in [1.29, 1.82) is 0 Å². The highest BCUT2D eigenvalue weighted by molar-refractivity contribution is 7.99. The van der Waals surface area contributed by atoms with E-state index < -0.39 is 0 Å². The van der Waals surface area contributed by atoms with Crippen molar-refractivity contribution < 1.29 is 9.53 Å². The van der Waals surface area contributed by atoms with Gasteiger partial charge in [0.1, 0.15) is 0 Å². The van der Waals surface area contributed by atoms with E-state index >= 15 is 0 Å². The van der Waals surface area contributed by atoms with Gasteiger partial charge in [0, 0.05) is 30.2 Å². The van der Waals surface area contributed by atoms with E-state index in [0.717, 1.165) is 29.5 Å². The molecule has 0 bridgehead atoms. The molecule has 3 rings (SSSR count). The molecule has 0 N–H and O–H groups in total. The predicted molar refractivity (Wildman–Crippen MR) is 98.9 cm³/mol. The summed E-state index contributed by atoms with van der Waals surface area (Å²) in [6.07, 6.45) is 0.962. The Balaban J connectivity index is 1.72. The first-order valence-corrected chi connectivity index (χ1v) is 9.73. The minimum atomic E-state index is 0.118. The number of hydrogen-bond donors (Lipinski definition) is 0. The fraction of sp³-hybridized carbons (Fsp3) is 0.471. The highest BCUT2D eigenvalue weighted by Crippen LogP contribution is 2.25. The van der Waals surface area contributed by atoms with E-state index in [1.807, 2.05) is 29.2 Å². The van der Waals surface area contributed by atoms with Gasteiger partial charge in [-0.2, -0.15) is 0 Å². The number of rotatable bonds is 6. The zero-order chi connectivity index (χ0) is 17.6. The number of morpholine rings is 1. The van der Waals surface area contributed by atoms with E-state index in [2.05, 4.69) is 21.7 Å². The number of hydrogen-bond acceptors (Lipinski definition) is 5. The summed E-state index contributed by atoms with van der Waals surface area (Å²) in [7, 11) is 0. The SMILES string of the molecule is CCCn1c(SCC(=O)N2CCOCC2)nnc1-c1ccc(Cl)cc1. The van der Waals surface area contributed by atoms with Crippen LogP contribution in [0, 0.1) is 0 Å². The lowest BCUT2D eigenvalue weighted by Gasteiger charge is -2.26. The van der Waals surface area contributed by atoms with Gasteiger partial charge in [-0.05, 0) is 30.7 Å². The Bertz CT molecular complexity index is 714. The highest BCUT2D eigenvalue weighted by Gasteiger charge is 2.19.